The summed E-state index contributed by atoms with van der Waals surface area (Å²) in [5.41, 5.74) is 5.91. The first kappa shape index (κ1) is 17.4. The second kappa shape index (κ2) is 8.63. The maximum atomic E-state index is 12.1. The summed E-state index contributed by atoms with van der Waals surface area (Å²) in [6.45, 7) is 5.23. The molecule has 1 aliphatic carbocycles. The molecule has 0 heterocycles. The molecule has 1 fully saturated rings. The number of hydrogen-bond donors (Lipinski definition) is 2. The van der Waals surface area contributed by atoms with Gasteiger partial charge in [0.05, 0.1) is 0 Å². The van der Waals surface area contributed by atoms with Crippen LogP contribution in [0, 0.1) is 11.8 Å². The van der Waals surface area contributed by atoms with Crippen LogP contribution in [-0.2, 0) is 4.79 Å². The molecule has 0 radical (unpaired) electrons. The van der Waals surface area contributed by atoms with Gasteiger partial charge < -0.3 is 16.0 Å². The summed E-state index contributed by atoms with van der Waals surface area (Å²) in [5, 5.41) is 3.19. The Balaban J connectivity index is 2.27. The lowest BCUT2D eigenvalue weighted by Gasteiger charge is -2.27. The lowest BCUT2D eigenvalue weighted by molar-refractivity contribution is -0.122. The number of nitrogens with zero attached hydrogens (tertiary/aromatic N) is 1. The van der Waals surface area contributed by atoms with Crippen LogP contribution in [0.25, 0.3) is 0 Å². The summed E-state index contributed by atoms with van der Waals surface area (Å²) < 4.78 is 0. The fourth-order valence-electron chi connectivity index (χ4n) is 2.91. The van der Waals surface area contributed by atoms with Crippen molar-refractivity contribution in [2.24, 2.45) is 17.6 Å². The van der Waals surface area contributed by atoms with E-state index in [4.69, 9.17) is 5.73 Å². The first-order valence-corrected chi connectivity index (χ1v) is 8.08. The van der Waals surface area contributed by atoms with E-state index in [9.17, 15) is 4.79 Å². The number of rotatable bonds is 7. The zero-order valence-corrected chi connectivity index (χ0v) is 13.7. The highest BCUT2D eigenvalue weighted by Crippen LogP contribution is 2.26. The molecule has 1 unspecified atom stereocenters. The van der Waals surface area contributed by atoms with Crippen molar-refractivity contribution in [1.29, 1.82) is 0 Å². The highest BCUT2D eigenvalue weighted by Gasteiger charge is 2.21. The molecule has 1 saturated carbocycles. The molecule has 0 aromatic heterocycles. The Morgan fingerprint density at radius 3 is 2.35 bits per heavy atom. The zero-order valence-electron chi connectivity index (χ0n) is 13.7. The standard InChI is InChI=1S/C16H33N3O/c1-12(2)15(11-19(3)4)18-16(20)10-7-13-5-8-14(17)9-6-13/h12-15H,5-11,17H2,1-4H3,(H,18,20). The first-order chi connectivity index (χ1) is 9.38. The molecule has 4 nitrogen and oxygen atoms in total. The predicted octanol–water partition coefficient (Wildman–Crippen LogP) is 1.99. The van der Waals surface area contributed by atoms with E-state index in [-0.39, 0.29) is 11.9 Å². The van der Waals surface area contributed by atoms with Crippen LogP contribution in [0.1, 0.15) is 52.4 Å². The second-order valence-corrected chi connectivity index (χ2v) is 7.00. The van der Waals surface area contributed by atoms with E-state index in [1.165, 1.54) is 12.8 Å². The Morgan fingerprint density at radius 2 is 1.85 bits per heavy atom. The highest BCUT2D eigenvalue weighted by atomic mass is 16.1. The van der Waals surface area contributed by atoms with Gasteiger partial charge in [-0.15, -0.1) is 0 Å². The van der Waals surface area contributed by atoms with Crippen molar-refractivity contribution >= 4 is 5.91 Å². The van der Waals surface area contributed by atoms with Gasteiger partial charge in [-0.2, -0.15) is 0 Å². The maximum Gasteiger partial charge on any atom is 0.220 e. The van der Waals surface area contributed by atoms with Gasteiger partial charge in [0, 0.05) is 25.0 Å². The molecule has 0 aliphatic heterocycles. The van der Waals surface area contributed by atoms with Crippen LogP contribution in [0.3, 0.4) is 0 Å². The Bertz CT molecular complexity index is 283. The van der Waals surface area contributed by atoms with Crippen molar-refractivity contribution in [3.63, 3.8) is 0 Å². The van der Waals surface area contributed by atoms with Gasteiger partial charge in [-0.1, -0.05) is 13.8 Å². The van der Waals surface area contributed by atoms with Gasteiger partial charge in [-0.3, -0.25) is 4.79 Å². The topological polar surface area (TPSA) is 58.4 Å². The quantitative estimate of drug-likeness (QED) is 0.751. The van der Waals surface area contributed by atoms with Crippen molar-refractivity contribution in [3.05, 3.63) is 0 Å². The van der Waals surface area contributed by atoms with E-state index >= 15 is 0 Å². The van der Waals surface area contributed by atoms with Crippen molar-refractivity contribution in [3.8, 4) is 0 Å². The number of hydrogen-bond acceptors (Lipinski definition) is 3. The van der Waals surface area contributed by atoms with Crippen molar-refractivity contribution in [2.45, 2.75) is 64.5 Å². The molecule has 118 valence electrons. The summed E-state index contributed by atoms with van der Waals surface area (Å²) in [6, 6.07) is 0.641. The van der Waals surface area contributed by atoms with Crippen LogP contribution in [0.2, 0.25) is 0 Å². The SMILES string of the molecule is CC(C)C(CN(C)C)NC(=O)CCC1CCC(N)CC1. The number of nitrogens with one attached hydrogen (secondary N) is 1. The molecule has 1 amide bonds. The lowest BCUT2D eigenvalue weighted by Crippen LogP contribution is -2.45. The molecule has 0 bridgehead atoms. The van der Waals surface area contributed by atoms with E-state index in [1.54, 1.807) is 0 Å². The van der Waals surface area contributed by atoms with Crippen LogP contribution >= 0.6 is 0 Å². The van der Waals surface area contributed by atoms with Crippen LogP contribution in [0.15, 0.2) is 0 Å². The molecular formula is C16H33N3O. The molecule has 0 aromatic rings. The van der Waals surface area contributed by atoms with Gasteiger partial charge in [0.2, 0.25) is 5.91 Å². The molecule has 0 spiro atoms. The van der Waals surface area contributed by atoms with Gasteiger partial charge >= 0.3 is 0 Å². The minimum atomic E-state index is 0.209. The fourth-order valence-corrected chi connectivity index (χ4v) is 2.91. The largest absolute Gasteiger partial charge is 0.352 e. The summed E-state index contributed by atoms with van der Waals surface area (Å²) in [4.78, 5) is 14.2. The zero-order chi connectivity index (χ0) is 15.1. The van der Waals surface area contributed by atoms with Crippen LogP contribution < -0.4 is 11.1 Å². The van der Waals surface area contributed by atoms with Gasteiger partial charge in [0.25, 0.3) is 0 Å². The van der Waals surface area contributed by atoms with E-state index in [0.29, 0.717) is 24.3 Å². The van der Waals surface area contributed by atoms with E-state index in [1.807, 2.05) is 14.1 Å². The normalized spacial score (nSPS) is 24.9. The smallest absolute Gasteiger partial charge is 0.220 e. The van der Waals surface area contributed by atoms with Crippen molar-refractivity contribution in [2.75, 3.05) is 20.6 Å². The monoisotopic (exact) mass is 283 g/mol. The van der Waals surface area contributed by atoms with Crippen LogP contribution in [0.4, 0.5) is 0 Å². The van der Waals surface area contributed by atoms with Gasteiger partial charge in [0.15, 0.2) is 0 Å². The highest BCUT2D eigenvalue weighted by molar-refractivity contribution is 5.76. The molecule has 4 heteroatoms. The number of carbonyl (C=O) groups excluding carboxylic acids is 1. The van der Waals surface area contributed by atoms with E-state index in [0.717, 1.165) is 25.8 Å². The average Bonchev–Trinajstić information content (AvgIpc) is 2.36. The summed E-state index contributed by atoms with van der Waals surface area (Å²) in [6.07, 6.45) is 6.32. The Morgan fingerprint density at radius 1 is 1.25 bits per heavy atom. The molecule has 1 aliphatic rings. The van der Waals surface area contributed by atoms with Crippen LogP contribution in [0.5, 0.6) is 0 Å². The van der Waals surface area contributed by atoms with Gasteiger partial charge in [0.1, 0.15) is 0 Å². The third-order valence-electron chi connectivity index (χ3n) is 4.38. The average molecular weight is 283 g/mol. The van der Waals surface area contributed by atoms with E-state index < -0.39 is 0 Å². The molecule has 0 aromatic carbocycles. The van der Waals surface area contributed by atoms with E-state index in [2.05, 4.69) is 24.1 Å². The number of nitrogens with two attached hydrogens (primary N) is 1. The lowest BCUT2D eigenvalue weighted by atomic mass is 9.84. The molecule has 0 saturated heterocycles. The predicted molar refractivity (Wildman–Crippen MR) is 84.5 cm³/mol. The number of likely N-dealkylation sites (N-methyl/N-ethyl adjacent to an activating group) is 1. The van der Waals surface area contributed by atoms with Crippen LogP contribution in [-0.4, -0.2) is 43.5 Å². The fraction of sp³-hybridized carbons (Fsp3) is 0.938. The summed E-state index contributed by atoms with van der Waals surface area (Å²) >= 11 is 0. The van der Waals surface area contributed by atoms with Gasteiger partial charge in [-0.25, -0.2) is 0 Å². The van der Waals surface area contributed by atoms with Crippen molar-refractivity contribution < 1.29 is 4.79 Å². The summed E-state index contributed by atoms with van der Waals surface area (Å²) in [5.74, 6) is 1.38. The number of amides is 1. The number of carbonyl (C=O) groups is 1. The Hall–Kier alpha value is -0.610. The minimum absolute atomic E-state index is 0.209. The molecule has 1 rings (SSSR count). The third-order valence-corrected chi connectivity index (χ3v) is 4.38. The summed E-state index contributed by atoms with van der Waals surface area (Å²) in [7, 11) is 4.10. The molecule has 20 heavy (non-hydrogen) atoms. The molecular weight excluding hydrogens is 250 g/mol. The van der Waals surface area contributed by atoms with Crippen molar-refractivity contribution in [1.82, 2.24) is 10.2 Å². The Kier molecular flexibility index (Phi) is 7.52. The Labute approximate surface area is 124 Å². The third kappa shape index (κ3) is 6.71. The van der Waals surface area contributed by atoms with Gasteiger partial charge in [-0.05, 0) is 58.0 Å². The molecule has 1 atom stereocenters. The maximum absolute atomic E-state index is 12.1. The second-order valence-electron chi connectivity index (χ2n) is 7.00. The minimum Gasteiger partial charge on any atom is -0.352 e. The molecule has 3 N–H and O–H groups in total. The first-order valence-electron chi connectivity index (χ1n) is 8.08.